The minimum Gasteiger partial charge on any atom is -0.319 e. The van der Waals surface area contributed by atoms with Gasteiger partial charge in [0.2, 0.25) is 0 Å². The van der Waals surface area contributed by atoms with Crippen molar-refractivity contribution in [3.63, 3.8) is 0 Å². The van der Waals surface area contributed by atoms with Crippen LogP contribution in [0.1, 0.15) is 21.9 Å². The first kappa shape index (κ1) is 19.0. The van der Waals surface area contributed by atoms with Gasteiger partial charge in [0.25, 0.3) is 0 Å². The maximum Gasteiger partial charge on any atom is 0.194 e. The Morgan fingerprint density at radius 2 is 1.85 bits per heavy atom. The van der Waals surface area contributed by atoms with Crippen molar-refractivity contribution in [1.82, 2.24) is 9.55 Å². The predicted octanol–water partition coefficient (Wildman–Crippen LogP) is 5.66. The smallest absolute Gasteiger partial charge is 0.194 e. The van der Waals surface area contributed by atoms with Crippen LogP contribution in [0.15, 0.2) is 67.3 Å². The molecule has 0 saturated carbocycles. The van der Waals surface area contributed by atoms with E-state index in [1.165, 1.54) is 12.1 Å². The first-order valence-corrected chi connectivity index (χ1v) is 9.53. The molecule has 0 aliphatic heterocycles. The van der Waals surface area contributed by atoms with Crippen molar-refractivity contribution in [2.24, 2.45) is 0 Å². The highest BCUT2D eigenvalue weighted by Gasteiger charge is 2.26. The number of aromatic nitrogens is 2. The zero-order valence-corrected chi connectivity index (χ0v) is 15.9. The van der Waals surface area contributed by atoms with E-state index in [0.717, 1.165) is 22.9 Å². The highest BCUT2D eigenvalue weighted by atomic mass is 35.5. The quantitative estimate of drug-likeness (QED) is 0.493. The van der Waals surface area contributed by atoms with Crippen LogP contribution in [-0.2, 0) is 11.2 Å². The molecule has 7 heteroatoms. The molecule has 134 valence electrons. The molecule has 0 aliphatic carbocycles. The molecule has 0 amide bonds. The van der Waals surface area contributed by atoms with Crippen LogP contribution >= 0.6 is 35.0 Å². The van der Waals surface area contributed by atoms with E-state index in [-0.39, 0.29) is 22.6 Å². The molecule has 2 atom stereocenters. The molecule has 1 heterocycles. The molecule has 2 unspecified atom stereocenters. The number of imidazole rings is 1. The Bertz CT molecular complexity index is 854. The molecular weight excluding hydrogens is 394 g/mol. The molecule has 0 fully saturated rings. The molecule has 0 aliphatic rings. The second kappa shape index (κ2) is 8.71. The lowest BCUT2D eigenvalue weighted by atomic mass is 10.1. The van der Waals surface area contributed by atoms with Gasteiger partial charge in [0, 0.05) is 23.8 Å². The SMILES string of the molecule is O=C(Cc1ccc(F)cc1)SC(c1ccc(Cl)cc1)C(Cl)n1ccnc1. The number of hydrogen-bond donors (Lipinski definition) is 0. The van der Waals surface area contributed by atoms with Crippen molar-refractivity contribution in [2.45, 2.75) is 17.2 Å². The van der Waals surface area contributed by atoms with Crippen LogP contribution in [0.4, 0.5) is 4.39 Å². The fourth-order valence-electron chi connectivity index (χ4n) is 2.46. The van der Waals surface area contributed by atoms with Crippen LogP contribution in [0.25, 0.3) is 0 Å². The summed E-state index contributed by atoms with van der Waals surface area (Å²) in [6.07, 6.45) is 5.21. The first-order chi connectivity index (χ1) is 12.5. The van der Waals surface area contributed by atoms with Gasteiger partial charge in [-0.15, -0.1) is 0 Å². The highest BCUT2D eigenvalue weighted by Crippen LogP contribution is 2.42. The minimum absolute atomic E-state index is 0.0534. The first-order valence-electron chi connectivity index (χ1n) is 7.84. The summed E-state index contributed by atoms with van der Waals surface area (Å²) in [5, 5.41) is 0.238. The van der Waals surface area contributed by atoms with Crippen LogP contribution in [0.2, 0.25) is 5.02 Å². The number of halogens is 3. The lowest BCUT2D eigenvalue weighted by molar-refractivity contribution is -0.110. The topological polar surface area (TPSA) is 34.9 Å². The molecule has 3 nitrogen and oxygen atoms in total. The summed E-state index contributed by atoms with van der Waals surface area (Å²) in [5.41, 5.74) is 1.15. The lowest BCUT2D eigenvalue weighted by Crippen LogP contribution is -2.12. The van der Waals surface area contributed by atoms with Crippen molar-refractivity contribution in [1.29, 1.82) is 0 Å². The molecule has 26 heavy (non-hydrogen) atoms. The van der Waals surface area contributed by atoms with Gasteiger partial charge < -0.3 is 4.57 Å². The summed E-state index contributed by atoms with van der Waals surface area (Å²) in [7, 11) is 0. The van der Waals surface area contributed by atoms with Gasteiger partial charge in [0.15, 0.2) is 5.12 Å². The molecule has 0 radical (unpaired) electrons. The fourth-order valence-corrected chi connectivity index (χ4v) is 4.08. The van der Waals surface area contributed by atoms with Crippen molar-refractivity contribution >= 4 is 40.1 Å². The average Bonchev–Trinajstić information content (AvgIpc) is 3.17. The third-order valence-electron chi connectivity index (χ3n) is 3.78. The summed E-state index contributed by atoms with van der Waals surface area (Å²) in [6.45, 7) is 0. The van der Waals surface area contributed by atoms with E-state index in [0.29, 0.717) is 5.02 Å². The Kier molecular flexibility index (Phi) is 6.35. The van der Waals surface area contributed by atoms with Gasteiger partial charge >= 0.3 is 0 Å². The molecule has 0 N–H and O–H groups in total. The normalized spacial score (nSPS) is 13.3. The molecular formula is C19H15Cl2FN2OS. The second-order valence-electron chi connectivity index (χ2n) is 5.65. The van der Waals surface area contributed by atoms with Crippen molar-refractivity contribution in [2.75, 3.05) is 0 Å². The number of thioether (sulfide) groups is 1. The highest BCUT2D eigenvalue weighted by molar-refractivity contribution is 8.13. The van der Waals surface area contributed by atoms with E-state index in [9.17, 15) is 9.18 Å². The average molecular weight is 409 g/mol. The van der Waals surface area contributed by atoms with E-state index in [1.807, 2.05) is 12.1 Å². The maximum absolute atomic E-state index is 13.0. The summed E-state index contributed by atoms with van der Waals surface area (Å²) in [4.78, 5) is 16.6. The molecule has 3 aromatic rings. The fraction of sp³-hybridized carbons (Fsp3) is 0.158. The largest absolute Gasteiger partial charge is 0.319 e. The zero-order chi connectivity index (χ0) is 18.5. The molecule has 1 aromatic heterocycles. The molecule has 0 saturated heterocycles. The Labute approximate surface area is 165 Å². The van der Waals surface area contributed by atoms with Gasteiger partial charge in [-0.1, -0.05) is 59.2 Å². The molecule has 0 spiro atoms. The number of carbonyl (C=O) groups excluding carboxylic acids is 1. The Hall–Kier alpha value is -1.82. The van der Waals surface area contributed by atoms with Crippen molar-refractivity contribution in [3.8, 4) is 0 Å². The van der Waals surface area contributed by atoms with Crippen LogP contribution in [0, 0.1) is 5.82 Å². The van der Waals surface area contributed by atoms with Crippen molar-refractivity contribution < 1.29 is 9.18 Å². The van der Waals surface area contributed by atoms with Crippen LogP contribution in [0.3, 0.4) is 0 Å². The Morgan fingerprint density at radius 1 is 1.15 bits per heavy atom. The van der Waals surface area contributed by atoms with Crippen molar-refractivity contribution in [3.05, 3.63) is 89.2 Å². The minimum atomic E-state index is -0.499. The number of hydrogen-bond acceptors (Lipinski definition) is 3. The van der Waals surface area contributed by atoms with E-state index >= 15 is 0 Å². The van der Waals surface area contributed by atoms with Gasteiger partial charge in [-0.2, -0.15) is 0 Å². The Balaban J connectivity index is 1.79. The van der Waals surface area contributed by atoms with E-state index in [4.69, 9.17) is 23.2 Å². The molecule has 3 rings (SSSR count). The second-order valence-corrected chi connectivity index (χ2v) is 7.73. The van der Waals surface area contributed by atoms with Gasteiger partial charge in [0.05, 0.1) is 11.6 Å². The number of nitrogens with zero attached hydrogens (tertiary/aromatic N) is 2. The molecule has 0 bridgehead atoms. The zero-order valence-electron chi connectivity index (χ0n) is 13.6. The van der Waals surface area contributed by atoms with Gasteiger partial charge in [0.1, 0.15) is 11.3 Å². The van der Waals surface area contributed by atoms with E-state index in [2.05, 4.69) is 4.98 Å². The van der Waals surface area contributed by atoms with Gasteiger partial charge in [-0.05, 0) is 35.4 Å². The number of carbonyl (C=O) groups is 1. The summed E-state index contributed by atoms with van der Waals surface area (Å²) >= 11 is 13.7. The van der Waals surface area contributed by atoms with Crippen LogP contribution in [0.5, 0.6) is 0 Å². The summed E-state index contributed by atoms with van der Waals surface area (Å²) < 4.78 is 14.8. The Morgan fingerprint density at radius 3 is 2.46 bits per heavy atom. The molecule has 2 aromatic carbocycles. The third-order valence-corrected chi connectivity index (χ3v) is 5.85. The lowest BCUT2D eigenvalue weighted by Gasteiger charge is -2.22. The number of benzene rings is 2. The maximum atomic E-state index is 13.0. The van der Waals surface area contributed by atoms with Gasteiger partial charge in [-0.3, -0.25) is 4.79 Å². The standard InChI is InChI=1S/C19H15Cl2FN2OS/c20-15-5-3-14(4-6-15)18(19(21)24-10-9-23-12-24)26-17(25)11-13-1-7-16(22)8-2-13/h1-10,12,18-19H,11H2. The summed E-state index contributed by atoms with van der Waals surface area (Å²) in [6, 6.07) is 13.2. The van der Waals surface area contributed by atoms with Crippen LogP contribution in [-0.4, -0.2) is 14.7 Å². The monoisotopic (exact) mass is 408 g/mol. The van der Waals surface area contributed by atoms with E-state index < -0.39 is 5.50 Å². The van der Waals surface area contributed by atoms with E-state index in [1.54, 1.807) is 47.6 Å². The third kappa shape index (κ3) is 4.87. The van der Waals surface area contributed by atoms with Gasteiger partial charge in [-0.25, -0.2) is 9.37 Å². The predicted molar refractivity (Wildman–Crippen MR) is 104 cm³/mol. The summed E-state index contributed by atoms with van der Waals surface area (Å²) in [5.74, 6) is -0.325. The number of alkyl halides is 1. The number of rotatable bonds is 6. The van der Waals surface area contributed by atoms with Crippen LogP contribution < -0.4 is 0 Å².